The molecule has 1 aromatic heterocycles. The van der Waals surface area contributed by atoms with Crippen LogP contribution in [0.3, 0.4) is 0 Å². The molecule has 1 amide bonds. The van der Waals surface area contributed by atoms with Crippen LogP contribution < -0.4 is 11.1 Å². The number of carbonyl (C=O) groups excluding carboxylic acids is 2. The third kappa shape index (κ3) is 5.14. The molecule has 1 saturated heterocycles. The quantitative estimate of drug-likeness (QED) is 0.655. The number of nitrogens with one attached hydrogen (secondary N) is 1. The fraction of sp³-hybridized carbons (Fsp3) is 0.571. The molecule has 11 heteroatoms. The topological polar surface area (TPSA) is 119 Å². The minimum absolute atomic E-state index is 0. The molecule has 0 radical (unpaired) electrons. The molecule has 2 heterocycles. The van der Waals surface area contributed by atoms with Crippen molar-refractivity contribution in [2.75, 3.05) is 33.3 Å². The molecule has 0 saturated carbocycles. The number of amides is 1. The van der Waals surface area contributed by atoms with Gasteiger partial charge in [-0.15, -0.1) is 23.7 Å². The highest BCUT2D eigenvalue weighted by molar-refractivity contribution is 7.89. The summed E-state index contributed by atoms with van der Waals surface area (Å²) in [5.74, 6) is -1.14. The number of rotatable bonds is 6. The fourth-order valence-electron chi connectivity index (χ4n) is 2.53. The molecule has 142 valence electrons. The van der Waals surface area contributed by atoms with Gasteiger partial charge in [-0.25, -0.2) is 13.2 Å². The molecule has 0 aliphatic carbocycles. The van der Waals surface area contributed by atoms with Crippen molar-refractivity contribution in [1.29, 1.82) is 0 Å². The molecule has 0 aromatic carbocycles. The van der Waals surface area contributed by atoms with E-state index in [0.29, 0.717) is 32.5 Å². The van der Waals surface area contributed by atoms with E-state index in [1.165, 1.54) is 22.9 Å². The first-order chi connectivity index (χ1) is 11.4. The van der Waals surface area contributed by atoms with E-state index in [1.807, 2.05) is 0 Å². The Morgan fingerprint density at radius 2 is 2.20 bits per heavy atom. The molecule has 3 N–H and O–H groups in total. The van der Waals surface area contributed by atoms with Crippen LogP contribution in [0, 0.1) is 5.92 Å². The first-order valence-corrected chi connectivity index (χ1v) is 9.87. The minimum Gasteiger partial charge on any atom is -0.465 e. The highest BCUT2D eigenvalue weighted by Gasteiger charge is 2.34. The highest BCUT2D eigenvalue weighted by atomic mass is 35.5. The number of nitrogens with two attached hydrogens (primary N) is 1. The van der Waals surface area contributed by atoms with Crippen molar-refractivity contribution in [3.8, 4) is 0 Å². The van der Waals surface area contributed by atoms with E-state index in [4.69, 9.17) is 5.73 Å². The SMILES string of the molecule is COC(=O)c1cc(S(=O)(=O)N2CCCC(C(=O)NCCN)C2)cs1.Cl. The average molecular weight is 412 g/mol. The predicted molar refractivity (Wildman–Crippen MR) is 96.5 cm³/mol. The first kappa shape index (κ1) is 21.8. The maximum absolute atomic E-state index is 12.7. The minimum atomic E-state index is -3.74. The van der Waals surface area contributed by atoms with Gasteiger partial charge in [0.25, 0.3) is 0 Å². The van der Waals surface area contributed by atoms with E-state index in [9.17, 15) is 18.0 Å². The number of nitrogens with zero attached hydrogens (tertiary/aromatic N) is 1. The monoisotopic (exact) mass is 411 g/mol. The second-order valence-electron chi connectivity index (χ2n) is 5.42. The standard InChI is InChI=1S/C14H21N3O5S2.ClH/c1-22-14(19)12-7-11(9-23-12)24(20,21)17-6-2-3-10(8-17)13(18)16-5-4-15;/h7,9-10H,2-6,8,15H2,1H3,(H,16,18);1H. The third-order valence-electron chi connectivity index (χ3n) is 3.80. The summed E-state index contributed by atoms with van der Waals surface area (Å²) in [6.07, 6.45) is 1.24. The summed E-state index contributed by atoms with van der Waals surface area (Å²) in [6.45, 7) is 1.19. The molecule has 1 unspecified atom stereocenters. The van der Waals surface area contributed by atoms with Crippen LogP contribution in [-0.2, 0) is 19.6 Å². The van der Waals surface area contributed by atoms with Gasteiger partial charge in [0.05, 0.1) is 17.9 Å². The third-order valence-corrected chi connectivity index (χ3v) is 6.70. The Hall–Kier alpha value is -1.20. The summed E-state index contributed by atoms with van der Waals surface area (Å²) in [7, 11) is -2.50. The molecule has 1 atom stereocenters. The van der Waals surface area contributed by atoms with Gasteiger partial charge in [-0.1, -0.05) is 0 Å². The molecule has 2 rings (SSSR count). The van der Waals surface area contributed by atoms with Crippen LogP contribution in [-0.4, -0.2) is 57.9 Å². The largest absolute Gasteiger partial charge is 0.465 e. The van der Waals surface area contributed by atoms with Gasteiger partial charge in [-0.05, 0) is 18.9 Å². The van der Waals surface area contributed by atoms with E-state index in [0.717, 1.165) is 11.3 Å². The molecule has 8 nitrogen and oxygen atoms in total. The van der Waals surface area contributed by atoms with Crippen molar-refractivity contribution < 1.29 is 22.7 Å². The van der Waals surface area contributed by atoms with Crippen LogP contribution >= 0.6 is 23.7 Å². The van der Waals surface area contributed by atoms with Gasteiger partial charge in [0.1, 0.15) is 4.88 Å². The van der Waals surface area contributed by atoms with Gasteiger partial charge < -0.3 is 15.8 Å². The summed E-state index contributed by atoms with van der Waals surface area (Å²) in [5, 5.41) is 4.11. The van der Waals surface area contributed by atoms with Crippen LogP contribution in [0.2, 0.25) is 0 Å². The van der Waals surface area contributed by atoms with E-state index in [-0.39, 0.29) is 34.6 Å². The van der Waals surface area contributed by atoms with Crippen molar-refractivity contribution in [3.05, 3.63) is 16.3 Å². The summed E-state index contributed by atoms with van der Waals surface area (Å²) in [5.41, 5.74) is 5.36. The molecule has 1 fully saturated rings. The Balaban J connectivity index is 0.00000312. The Bertz CT molecular complexity index is 707. The average Bonchev–Trinajstić information content (AvgIpc) is 3.10. The number of hydrogen-bond donors (Lipinski definition) is 2. The first-order valence-electron chi connectivity index (χ1n) is 7.55. The zero-order valence-corrected chi connectivity index (χ0v) is 16.2. The van der Waals surface area contributed by atoms with Crippen molar-refractivity contribution in [3.63, 3.8) is 0 Å². The van der Waals surface area contributed by atoms with Gasteiger partial charge in [-0.2, -0.15) is 4.31 Å². The second-order valence-corrected chi connectivity index (χ2v) is 8.27. The van der Waals surface area contributed by atoms with E-state index < -0.39 is 21.9 Å². The van der Waals surface area contributed by atoms with Crippen molar-refractivity contribution in [2.24, 2.45) is 11.7 Å². The maximum Gasteiger partial charge on any atom is 0.348 e. The summed E-state index contributed by atoms with van der Waals surface area (Å²) >= 11 is 1.02. The van der Waals surface area contributed by atoms with Crippen molar-refractivity contribution >= 4 is 45.6 Å². The zero-order valence-electron chi connectivity index (χ0n) is 13.8. The van der Waals surface area contributed by atoms with Crippen LogP contribution in [0.25, 0.3) is 0 Å². The van der Waals surface area contributed by atoms with Crippen LogP contribution in [0.1, 0.15) is 22.5 Å². The number of halogens is 1. The molecule has 25 heavy (non-hydrogen) atoms. The lowest BCUT2D eigenvalue weighted by Gasteiger charge is -2.30. The number of piperidine rings is 1. The Morgan fingerprint density at radius 1 is 1.48 bits per heavy atom. The zero-order chi connectivity index (χ0) is 17.7. The van der Waals surface area contributed by atoms with Crippen LogP contribution in [0.15, 0.2) is 16.3 Å². The Kier molecular flexibility index (Phi) is 8.29. The molecule has 1 aromatic rings. The molecular weight excluding hydrogens is 390 g/mol. The number of thiophene rings is 1. The van der Waals surface area contributed by atoms with Crippen molar-refractivity contribution in [2.45, 2.75) is 17.7 Å². The van der Waals surface area contributed by atoms with E-state index >= 15 is 0 Å². The molecular formula is C14H22ClN3O5S2. The summed E-state index contributed by atoms with van der Waals surface area (Å²) < 4.78 is 31.3. The van der Waals surface area contributed by atoms with E-state index in [1.54, 1.807) is 0 Å². The number of hydrogen-bond acceptors (Lipinski definition) is 7. The number of methoxy groups -OCH3 is 1. The van der Waals surface area contributed by atoms with E-state index in [2.05, 4.69) is 10.1 Å². The lowest BCUT2D eigenvalue weighted by molar-refractivity contribution is -0.126. The molecule has 1 aliphatic rings. The number of esters is 1. The normalized spacial score (nSPS) is 18.2. The lowest BCUT2D eigenvalue weighted by Crippen LogP contribution is -2.46. The van der Waals surface area contributed by atoms with Gasteiger partial charge in [-0.3, -0.25) is 4.79 Å². The van der Waals surface area contributed by atoms with Gasteiger partial charge in [0, 0.05) is 31.6 Å². The molecule has 0 bridgehead atoms. The van der Waals surface area contributed by atoms with Crippen LogP contribution in [0.5, 0.6) is 0 Å². The Morgan fingerprint density at radius 3 is 2.84 bits per heavy atom. The molecule has 0 spiro atoms. The molecule has 1 aliphatic heterocycles. The van der Waals surface area contributed by atoms with Gasteiger partial charge in [0.2, 0.25) is 15.9 Å². The second kappa shape index (κ2) is 9.48. The van der Waals surface area contributed by atoms with Gasteiger partial charge >= 0.3 is 5.97 Å². The fourth-order valence-corrected chi connectivity index (χ4v) is 5.23. The maximum atomic E-state index is 12.7. The summed E-state index contributed by atoms with van der Waals surface area (Å²) in [6, 6.07) is 1.31. The number of ether oxygens (including phenoxy) is 1. The lowest BCUT2D eigenvalue weighted by atomic mass is 9.99. The van der Waals surface area contributed by atoms with Crippen LogP contribution in [0.4, 0.5) is 0 Å². The summed E-state index contributed by atoms with van der Waals surface area (Å²) in [4.78, 5) is 23.8. The smallest absolute Gasteiger partial charge is 0.348 e. The Labute approximate surface area is 157 Å². The number of carbonyl (C=O) groups is 2. The van der Waals surface area contributed by atoms with Gasteiger partial charge in [0.15, 0.2) is 0 Å². The highest BCUT2D eigenvalue weighted by Crippen LogP contribution is 2.27. The number of sulfonamides is 1. The predicted octanol–water partition coefficient (Wildman–Crippen LogP) is 0.432. The van der Waals surface area contributed by atoms with Crippen molar-refractivity contribution in [1.82, 2.24) is 9.62 Å².